The first kappa shape index (κ1) is 19.9. The van der Waals surface area contributed by atoms with Gasteiger partial charge in [-0.3, -0.25) is 4.79 Å². The average Bonchev–Trinajstić information content (AvgIpc) is 2.67. The fourth-order valence-corrected chi connectivity index (χ4v) is 4.58. The van der Waals surface area contributed by atoms with Gasteiger partial charge in [0.2, 0.25) is 10.0 Å². The van der Waals surface area contributed by atoms with E-state index in [1.54, 1.807) is 42.5 Å². The normalized spacial score (nSPS) is 12.6. The molecule has 0 saturated heterocycles. The van der Waals surface area contributed by atoms with Crippen LogP contribution in [-0.2, 0) is 21.2 Å². The Hall–Kier alpha value is -2.90. The van der Waals surface area contributed by atoms with Gasteiger partial charge in [0.25, 0.3) is 0 Å². The third-order valence-electron chi connectivity index (χ3n) is 4.51. The monoisotopic (exact) mass is 416 g/mol. The molecule has 3 aromatic rings. The van der Waals surface area contributed by atoms with Crippen LogP contribution in [0.25, 0.3) is 10.8 Å². The van der Waals surface area contributed by atoms with E-state index in [2.05, 4.69) is 4.72 Å². The number of carboxylic acids is 1. The number of sulfonamides is 1. The zero-order chi connectivity index (χ0) is 20.3. The Kier molecular flexibility index (Phi) is 5.67. The van der Waals surface area contributed by atoms with Crippen LogP contribution in [-0.4, -0.2) is 39.6 Å². The number of aliphatic carboxylic acids is 1. The predicted octanol–water partition coefficient (Wildman–Crippen LogP) is 2.88. The van der Waals surface area contributed by atoms with E-state index < -0.39 is 22.0 Å². The van der Waals surface area contributed by atoms with Gasteiger partial charge in [-0.2, -0.15) is 4.72 Å². The standard InChI is InChI=1S/C21H22N2O4S/c1-23(2)19-12-6-11-17-16(19)10-7-13-20(17)28(26,27)22-18(21(24)25)14-15-8-4-3-5-9-15/h3-13,18,22H,14H2,1-2H3,(H,24,25)/t18-/m0/s1/i3+2,4+2,5+2,8+2,9+2,14+2,15+2,18+2,21+2. The van der Waals surface area contributed by atoms with Crippen molar-refractivity contribution in [2.24, 2.45) is 0 Å². The third kappa shape index (κ3) is 4.16. The molecule has 28 heavy (non-hydrogen) atoms. The van der Waals surface area contributed by atoms with E-state index >= 15 is 0 Å². The molecule has 1 atom stereocenters. The van der Waals surface area contributed by atoms with Crippen LogP contribution in [0.15, 0.2) is 71.6 Å². The number of nitrogens with zero attached hydrogens (tertiary/aromatic N) is 1. The molecule has 3 aromatic carbocycles. The van der Waals surface area contributed by atoms with Gasteiger partial charge in [-0.25, -0.2) is 8.42 Å². The SMILES string of the molecule is CN(C)c1cccc2c(S(=O)(=O)N[14C@@H]([14CH2][14c]3[14cH][14cH][14cH][14cH][14cH]3)[14C](=O)O)cccc12. The maximum Gasteiger partial charge on any atom is 0.322 e. The number of benzene rings is 3. The molecule has 0 aliphatic rings. The van der Waals surface area contributed by atoms with Crippen molar-refractivity contribution < 1.29 is 18.3 Å². The molecule has 0 saturated carbocycles. The summed E-state index contributed by atoms with van der Waals surface area (Å²) in [4.78, 5) is 13.7. The minimum atomic E-state index is -4.04. The highest BCUT2D eigenvalue weighted by Gasteiger charge is 2.27. The zero-order valence-electron chi connectivity index (χ0n) is 15.7. The molecule has 0 aliphatic carbocycles. The summed E-state index contributed by atoms with van der Waals surface area (Å²) in [5.74, 6) is -1.22. The molecule has 6 nitrogen and oxygen atoms in total. The van der Waals surface area contributed by atoms with Crippen molar-refractivity contribution in [1.82, 2.24) is 4.72 Å². The maximum atomic E-state index is 13.0. The Morgan fingerprint density at radius 3 is 2.39 bits per heavy atom. The van der Waals surface area contributed by atoms with Crippen LogP contribution in [0.2, 0.25) is 0 Å². The lowest BCUT2D eigenvalue weighted by Crippen LogP contribution is -2.42. The number of carbonyl (C=O) groups is 1. The number of hydrogen-bond acceptors (Lipinski definition) is 4. The van der Waals surface area contributed by atoms with Gasteiger partial charge < -0.3 is 10.0 Å². The minimum Gasteiger partial charge on any atom is -0.480 e. The zero-order valence-corrected chi connectivity index (χ0v) is 16.5. The van der Waals surface area contributed by atoms with Gasteiger partial charge >= 0.3 is 5.97 Å². The van der Waals surface area contributed by atoms with Gasteiger partial charge in [0.15, 0.2) is 0 Å². The Labute approximate surface area is 164 Å². The number of rotatable bonds is 7. The van der Waals surface area contributed by atoms with E-state index in [1.807, 2.05) is 37.2 Å². The summed E-state index contributed by atoms with van der Waals surface area (Å²) in [6.45, 7) is 0. The van der Waals surface area contributed by atoms with E-state index in [4.69, 9.17) is 0 Å². The van der Waals surface area contributed by atoms with Crippen molar-refractivity contribution in [1.29, 1.82) is 0 Å². The molecule has 3 rings (SSSR count). The third-order valence-corrected chi connectivity index (χ3v) is 6.04. The largest absolute Gasteiger partial charge is 0.480 e. The Morgan fingerprint density at radius 2 is 1.75 bits per heavy atom. The highest BCUT2D eigenvalue weighted by Crippen LogP contribution is 2.30. The number of hydrogen-bond donors (Lipinski definition) is 2. The van der Waals surface area contributed by atoms with Crippen LogP contribution in [0.3, 0.4) is 0 Å². The number of fused-ring (bicyclic) bond motifs is 1. The minimum absolute atomic E-state index is 0.0586. The summed E-state index contributed by atoms with van der Waals surface area (Å²) in [7, 11) is -0.276. The smallest absolute Gasteiger partial charge is 0.322 e. The van der Waals surface area contributed by atoms with Gasteiger partial charge in [0.1, 0.15) is 6.04 Å². The van der Waals surface area contributed by atoms with Crippen molar-refractivity contribution in [3.63, 3.8) is 0 Å². The molecule has 7 heteroatoms. The highest BCUT2D eigenvalue weighted by atomic mass is 32.2. The molecule has 0 aromatic heterocycles. The van der Waals surface area contributed by atoms with E-state index in [1.165, 1.54) is 6.07 Å². The molecule has 0 heterocycles. The van der Waals surface area contributed by atoms with E-state index in [0.717, 1.165) is 16.6 Å². The first-order valence-electron chi connectivity index (χ1n) is 8.78. The quantitative estimate of drug-likeness (QED) is 0.619. The topological polar surface area (TPSA) is 86.7 Å². The fraction of sp³-hybridized carbons (Fsp3) is 0.190. The van der Waals surface area contributed by atoms with E-state index in [0.29, 0.717) is 5.39 Å². The van der Waals surface area contributed by atoms with Crippen LogP contribution < -0.4 is 9.62 Å². The second-order valence-corrected chi connectivity index (χ2v) is 8.41. The summed E-state index contributed by atoms with van der Waals surface area (Å²) in [5, 5.41) is 10.9. The summed E-state index contributed by atoms with van der Waals surface area (Å²) >= 11 is 0. The predicted molar refractivity (Wildman–Crippen MR) is 110 cm³/mol. The van der Waals surface area contributed by atoms with Crippen molar-refractivity contribution in [2.75, 3.05) is 19.0 Å². The first-order valence-corrected chi connectivity index (χ1v) is 10.3. The number of nitrogens with one attached hydrogen (secondary N) is 1. The molecular formula is C21H22N2O4S. The molecule has 2 N–H and O–H groups in total. The molecule has 0 bridgehead atoms. The Morgan fingerprint density at radius 1 is 1.11 bits per heavy atom. The first-order chi connectivity index (χ1) is 13.3. The summed E-state index contributed by atoms with van der Waals surface area (Å²) < 4.78 is 28.4. The van der Waals surface area contributed by atoms with Crippen LogP contribution >= 0.6 is 0 Å². The van der Waals surface area contributed by atoms with Crippen LogP contribution in [0.5, 0.6) is 0 Å². The van der Waals surface area contributed by atoms with Crippen molar-refractivity contribution >= 4 is 32.5 Å². The van der Waals surface area contributed by atoms with Crippen molar-refractivity contribution in [3.05, 3.63) is 72.3 Å². The molecule has 146 valence electrons. The van der Waals surface area contributed by atoms with Crippen LogP contribution in [0.1, 0.15) is 5.56 Å². The fourth-order valence-electron chi connectivity index (χ4n) is 3.17. The maximum absolute atomic E-state index is 13.0. The van der Waals surface area contributed by atoms with Crippen molar-refractivity contribution in [2.45, 2.75) is 17.4 Å². The summed E-state index contributed by atoms with van der Waals surface area (Å²) in [5.41, 5.74) is 1.62. The lowest BCUT2D eigenvalue weighted by atomic mass is 10.1. The second-order valence-electron chi connectivity index (χ2n) is 6.72. The summed E-state index contributed by atoms with van der Waals surface area (Å²) in [6, 6.07) is 18.1. The van der Waals surface area contributed by atoms with Gasteiger partial charge in [0, 0.05) is 30.6 Å². The molecule has 0 aliphatic heterocycles. The molecule has 0 unspecified atom stereocenters. The van der Waals surface area contributed by atoms with Gasteiger partial charge in [-0.05, 0) is 24.1 Å². The second kappa shape index (κ2) is 8.00. The molecule has 0 amide bonds. The number of anilines is 1. The van der Waals surface area contributed by atoms with Gasteiger partial charge in [-0.1, -0.05) is 54.6 Å². The average molecular weight is 416 g/mol. The lowest BCUT2D eigenvalue weighted by Gasteiger charge is -2.18. The van der Waals surface area contributed by atoms with Gasteiger partial charge in [-0.15, -0.1) is 0 Å². The molecule has 0 spiro atoms. The highest BCUT2D eigenvalue weighted by molar-refractivity contribution is 7.89. The lowest BCUT2D eigenvalue weighted by molar-refractivity contribution is -0.138. The molecular weight excluding hydrogens is 394 g/mol. The summed E-state index contributed by atoms with van der Waals surface area (Å²) in [6.07, 6.45) is 0.0586. The van der Waals surface area contributed by atoms with Gasteiger partial charge in [0.05, 0.1) is 4.90 Å². The van der Waals surface area contributed by atoms with Crippen molar-refractivity contribution in [3.8, 4) is 0 Å². The molecule has 0 fully saturated rings. The van der Waals surface area contributed by atoms with E-state index in [9.17, 15) is 18.3 Å². The molecule has 0 radical (unpaired) electrons. The Balaban J connectivity index is 2.00. The van der Waals surface area contributed by atoms with Crippen LogP contribution in [0.4, 0.5) is 5.69 Å². The number of carboxylic acid groups (broad SMARTS) is 1. The Bertz CT molecular complexity index is 1100. The van der Waals surface area contributed by atoms with Crippen LogP contribution in [0, 0.1) is 0 Å². The van der Waals surface area contributed by atoms with E-state index in [-0.39, 0.29) is 11.3 Å².